The minimum absolute atomic E-state index is 0.0134. The Bertz CT molecular complexity index is 365. The van der Waals surface area contributed by atoms with Gasteiger partial charge >= 0.3 is 6.09 Å². The molecular formula is C15H28N2O4. The monoisotopic (exact) mass is 300 g/mol. The third-order valence-corrected chi connectivity index (χ3v) is 3.65. The fourth-order valence-corrected chi connectivity index (χ4v) is 2.59. The van der Waals surface area contributed by atoms with Crippen molar-refractivity contribution in [2.45, 2.75) is 52.1 Å². The van der Waals surface area contributed by atoms with Gasteiger partial charge < -0.3 is 10.1 Å². The van der Waals surface area contributed by atoms with Gasteiger partial charge in [0.25, 0.3) is 0 Å². The van der Waals surface area contributed by atoms with Crippen LogP contribution in [0, 0.1) is 11.8 Å². The highest BCUT2D eigenvalue weighted by Crippen LogP contribution is 2.29. The van der Waals surface area contributed by atoms with E-state index in [9.17, 15) is 9.59 Å². The topological polar surface area (TPSA) is 67.9 Å². The molecule has 0 unspecified atom stereocenters. The van der Waals surface area contributed by atoms with E-state index in [1.165, 1.54) is 12.2 Å². The predicted octanol–water partition coefficient (Wildman–Crippen LogP) is 2.34. The smallest absolute Gasteiger partial charge is 0.407 e. The summed E-state index contributed by atoms with van der Waals surface area (Å²) in [5.74, 6) is 0.305. The van der Waals surface area contributed by atoms with Gasteiger partial charge in [-0.05, 0) is 46.0 Å². The first-order valence-electron chi connectivity index (χ1n) is 7.51. The summed E-state index contributed by atoms with van der Waals surface area (Å²) in [5.41, 5.74) is -0.490. The predicted molar refractivity (Wildman–Crippen MR) is 79.5 cm³/mol. The molecule has 122 valence electrons. The molecule has 0 aromatic carbocycles. The molecular weight excluding hydrogens is 272 g/mol. The first kappa shape index (κ1) is 17.8. The van der Waals surface area contributed by atoms with Crippen molar-refractivity contribution in [1.29, 1.82) is 0 Å². The van der Waals surface area contributed by atoms with E-state index < -0.39 is 11.7 Å². The van der Waals surface area contributed by atoms with Crippen LogP contribution in [0.1, 0.15) is 46.5 Å². The van der Waals surface area contributed by atoms with Gasteiger partial charge in [0.2, 0.25) is 5.91 Å². The summed E-state index contributed by atoms with van der Waals surface area (Å²) in [6.45, 7) is 6.06. The molecule has 1 aliphatic carbocycles. The number of carbonyl (C=O) groups is 2. The summed E-state index contributed by atoms with van der Waals surface area (Å²) in [7, 11) is 3.12. The zero-order chi connectivity index (χ0) is 16.0. The lowest BCUT2D eigenvalue weighted by Gasteiger charge is -2.30. The maximum atomic E-state index is 12.1. The molecule has 1 saturated carbocycles. The summed E-state index contributed by atoms with van der Waals surface area (Å²) in [4.78, 5) is 28.7. The zero-order valence-electron chi connectivity index (χ0n) is 13.8. The molecule has 6 nitrogen and oxygen atoms in total. The largest absolute Gasteiger partial charge is 0.444 e. The maximum Gasteiger partial charge on any atom is 0.407 e. The third-order valence-electron chi connectivity index (χ3n) is 3.65. The summed E-state index contributed by atoms with van der Waals surface area (Å²) >= 11 is 0. The lowest BCUT2D eigenvalue weighted by atomic mass is 9.81. The molecule has 2 amide bonds. The van der Waals surface area contributed by atoms with Crippen LogP contribution in [-0.2, 0) is 14.4 Å². The number of rotatable bonds is 4. The third kappa shape index (κ3) is 6.33. The van der Waals surface area contributed by atoms with Gasteiger partial charge in [-0.1, -0.05) is 6.42 Å². The van der Waals surface area contributed by atoms with E-state index in [1.54, 1.807) is 7.05 Å². The van der Waals surface area contributed by atoms with Gasteiger partial charge in [0, 0.05) is 19.5 Å². The van der Waals surface area contributed by atoms with E-state index in [2.05, 4.69) is 5.32 Å². The number of alkyl carbamates (subject to hydrolysis) is 1. The average molecular weight is 300 g/mol. The first-order chi connectivity index (χ1) is 9.73. The molecule has 0 aromatic heterocycles. The van der Waals surface area contributed by atoms with Crippen molar-refractivity contribution in [3.8, 4) is 0 Å². The van der Waals surface area contributed by atoms with Gasteiger partial charge in [-0.3, -0.25) is 9.63 Å². The molecule has 1 rings (SSSR count). The van der Waals surface area contributed by atoms with Gasteiger partial charge in [0.05, 0.1) is 7.11 Å². The second-order valence-corrected chi connectivity index (χ2v) is 6.63. The van der Waals surface area contributed by atoms with Crippen LogP contribution in [0.25, 0.3) is 0 Å². The van der Waals surface area contributed by atoms with E-state index >= 15 is 0 Å². The van der Waals surface area contributed by atoms with Crippen LogP contribution < -0.4 is 5.32 Å². The molecule has 0 aromatic rings. The summed E-state index contributed by atoms with van der Waals surface area (Å²) in [6, 6.07) is 0. The van der Waals surface area contributed by atoms with E-state index in [0.29, 0.717) is 12.5 Å². The normalized spacial score (nSPS) is 22.5. The second kappa shape index (κ2) is 7.64. The van der Waals surface area contributed by atoms with Gasteiger partial charge in [-0.15, -0.1) is 0 Å². The molecule has 1 aliphatic rings. The number of amides is 2. The number of hydrogen-bond acceptors (Lipinski definition) is 4. The molecule has 1 fully saturated rings. The average Bonchev–Trinajstić information content (AvgIpc) is 2.42. The maximum absolute atomic E-state index is 12.1. The quantitative estimate of drug-likeness (QED) is 0.809. The Morgan fingerprint density at radius 3 is 2.52 bits per heavy atom. The molecule has 0 saturated heterocycles. The summed E-state index contributed by atoms with van der Waals surface area (Å²) in [5, 5.41) is 4.08. The van der Waals surface area contributed by atoms with Crippen molar-refractivity contribution in [3.05, 3.63) is 0 Å². The number of hydroxylamine groups is 2. The van der Waals surface area contributed by atoms with Crippen LogP contribution in [-0.4, -0.2) is 43.4 Å². The Hall–Kier alpha value is -1.30. The lowest BCUT2D eigenvalue weighted by molar-refractivity contribution is -0.174. The highest BCUT2D eigenvalue weighted by molar-refractivity contribution is 5.77. The van der Waals surface area contributed by atoms with E-state index in [-0.39, 0.29) is 11.8 Å². The molecule has 0 bridgehead atoms. The summed E-state index contributed by atoms with van der Waals surface area (Å²) in [6.07, 6.45) is 3.29. The summed E-state index contributed by atoms with van der Waals surface area (Å²) < 4.78 is 5.21. The molecule has 0 aliphatic heterocycles. The second-order valence-electron chi connectivity index (χ2n) is 6.63. The van der Waals surface area contributed by atoms with Crippen LogP contribution in [0.2, 0.25) is 0 Å². The van der Waals surface area contributed by atoms with E-state index in [4.69, 9.17) is 9.57 Å². The molecule has 1 N–H and O–H groups in total. The standard InChI is InChI=1S/C15H28N2O4/c1-15(2,3)21-14(19)16-10-11-7-6-8-12(9-11)13(18)17(4)20-5/h11-12H,6-10H2,1-5H3,(H,16,19)/t11-,12+/m0/s1. The molecule has 21 heavy (non-hydrogen) atoms. The van der Waals surface area contributed by atoms with E-state index in [1.807, 2.05) is 20.8 Å². The Balaban J connectivity index is 2.40. The van der Waals surface area contributed by atoms with Crippen LogP contribution in [0.3, 0.4) is 0 Å². The van der Waals surface area contributed by atoms with Gasteiger partial charge in [-0.2, -0.15) is 0 Å². The van der Waals surface area contributed by atoms with Crippen molar-refractivity contribution in [2.75, 3.05) is 20.7 Å². The Kier molecular flexibility index (Phi) is 6.45. The molecule has 0 spiro atoms. The van der Waals surface area contributed by atoms with Crippen molar-refractivity contribution in [3.63, 3.8) is 0 Å². The Labute approximate surface area is 127 Å². The van der Waals surface area contributed by atoms with Gasteiger partial charge in [0.15, 0.2) is 0 Å². The zero-order valence-corrected chi connectivity index (χ0v) is 13.8. The first-order valence-corrected chi connectivity index (χ1v) is 7.51. The van der Waals surface area contributed by atoms with Crippen LogP contribution in [0.5, 0.6) is 0 Å². The lowest BCUT2D eigenvalue weighted by Crippen LogP contribution is -2.39. The minimum atomic E-state index is -0.490. The number of ether oxygens (including phenoxy) is 1. The molecule has 6 heteroatoms. The SMILES string of the molecule is CON(C)C(=O)[C@@H]1CCC[C@H](CNC(=O)OC(C)(C)C)C1. The number of nitrogens with zero attached hydrogens (tertiary/aromatic N) is 1. The van der Waals surface area contributed by atoms with Crippen molar-refractivity contribution in [1.82, 2.24) is 10.4 Å². The number of nitrogens with one attached hydrogen (secondary N) is 1. The van der Waals surface area contributed by atoms with Gasteiger partial charge in [-0.25, -0.2) is 9.86 Å². The number of hydrogen-bond donors (Lipinski definition) is 1. The molecule has 0 heterocycles. The highest BCUT2D eigenvalue weighted by atomic mass is 16.7. The van der Waals surface area contributed by atoms with Crippen LogP contribution in [0.4, 0.5) is 4.79 Å². The minimum Gasteiger partial charge on any atom is -0.444 e. The van der Waals surface area contributed by atoms with Crippen molar-refractivity contribution < 1.29 is 19.2 Å². The Morgan fingerprint density at radius 1 is 1.29 bits per heavy atom. The van der Waals surface area contributed by atoms with Crippen molar-refractivity contribution >= 4 is 12.0 Å². The molecule has 0 radical (unpaired) electrons. The Morgan fingerprint density at radius 2 is 1.95 bits per heavy atom. The number of carbonyl (C=O) groups excluding carboxylic acids is 2. The fraction of sp³-hybridized carbons (Fsp3) is 0.867. The molecule has 2 atom stereocenters. The highest BCUT2D eigenvalue weighted by Gasteiger charge is 2.29. The van der Waals surface area contributed by atoms with Crippen molar-refractivity contribution in [2.24, 2.45) is 11.8 Å². The van der Waals surface area contributed by atoms with Crippen LogP contribution in [0.15, 0.2) is 0 Å². The van der Waals surface area contributed by atoms with Gasteiger partial charge in [0.1, 0.15) is 5.60 Å². The fourth-order valence-electron chi connectivity index (χ4n) is 2.59. The van der Waals surface area contributed by atoms with E-state index in [0.717, 1.165) is 25.7 Å². The van der Waals surface area contributed by atoms with Crippen LogP contribution >= 0.6 is 0 Å².